The first kappa shape index (κ1) is 33.7. The van der Waals surface area contributed by atoms with Gasteiger partial charge in [-0.15, -0.1) is 0 Å². The molecule has 2 nitrogen and oxygen atoms in total. The van der Waals surface area contributed by atoms with Gasteiger partial charge in [0.1, 0.15) is 11.2 Å². The van der Waals surface area contributed by atoms with E-state index in [9.17, 15) is 0 Å². The molecule has 9 aromatic rings. The van der Waals surface area contributed by atoms with Gasteiger partial charge in [-0.2, -0.15) is 0 Å². The van der Waals surface area contributed by atoms with Gasteiger partial charge in [-0.25, -0.2) is 0 Å². The van der Waals surface area contributed by atoms with Crippen molar-refractivity contribution in [2.45, 2.75) is 43.9 Å². The molecule has 2 aliphatic rings. The molecule has 0 aliphatic heterocycles. The lowest BCUT2D eigenvalue weighted by Crippen LogP contribution is -2.20. The van der Waals surface area contributed by atoms with Crippen LogP contribution in [0.2, 0.25) is 0 Å². The van der Waals surface area contributed by atoms with Gasteiger partial charge in [0.05, 0.1) is 16.8 Å². The molecule has 1 heterocycles. The molecular weight excluding hydrogens is 691 g/mol. The molecule has 274 valence electrons. The summed E-state index contributed by atoms with van der Waals surface area (Å²) in [4.78, 5) is 2.51. The monoisotopic (exact) mass is 733 g/mol. The molecule has 1 aromatic heterocycles. The van der Waals surface area contributed by atoms with E-state index in [0.29, 0.717) is 0 Å². The lowest BCUT2D eigenvalue weighted by atomic mass is 9.77. The van der Waals surface area contributed by atoms with Crippen LogP contribution in [0.1, 0.15) is 59.1 Å². The van der Waals surface area contributed by atoms with Crippen LogP contribution in [-0.2, 0) is 18.3 Å². The van der Waals surface area contributed by atoms with E-state index in [1.165, 1.54) is 92.4 Å². The van der Waals surface area contributed by atoms with E-state index in [0.717, 1.165) is 40.8 Å². The Morgan fingerprint density at radius 3 is 1.72 bits per heavy atom. The molecule has 1 fully saturated rings. The third-order valence-electron chi connectivity index (χ3n) is 12.8. The third kappa shape index (κ3) is 5.54. The molecule has 2 heteroatoms. The lowest BCUT2D eigenvalue weighted by molar-refractivity contribution is 0.550. The standard InChI is InChI=1S/C55H43NO/c1-3-18-38(19-4-1)36-39-20-7-9-25-43(39)44-26-10-8-21-40(44)37-41-22-15-32-50-52(41)54-49(31-17-33-51(54)57-50)56(42-23-5-2-6-24-42)48-30-16-29-47-53(48)45-27-11-12-28-46(45)55(47)34-13-14-35-55/h1-12,15-33H,13-14,34-37H2. The van der Waals surface area contributed by atoms with Crippen molar-refractivity contribution in [3.05, 3.63) is 221 Å². The molecule has 2 aliphatic carbocycles. The maximum atomic E-state index is 6.79. The number of benzene rings is 8. The Balaban J connectivity index is 1.10. The predicted octanol–water partition coefficient (Wildman–Crippen LogP) is 14.7. The number of para-hydroxylation sites is 1. The van der Waals surface area contributed by atoms with E-state index in [4.69, 9.17) is 4.42 Å². The maximum absolute atomic E-state index is 6.79. The van der Waals surface area contributed by atoms with Crippen LogP contribution >= 0.6 is 0 Å². The summed E-state index contributed by atoms with van der Waals surface area (Å²) in [6, 6.07) is 69.0. The van der Waals surface area contributed by atoms with Crippen molar-refractivity contribution in [2.75, 3.05) is 4.90 Å². The fourth-order valence-electron chi connectivity index (χ4n) is 10.3. The zero-order chi connectivity index (χ0) is 37.8. The van der Waals surface area contributed by atoms with Crippen LogP contribution < -0.4 is 4.90 Å². The van der Waals surface area contributed by atoms with E-state index in [-0.39, 0.29) is 5.41 Å². The number of hydrogen-bond donors (Lipinski definition) is 0. The normalized spacial score (nSPS) is 14.0. The summed E-state index contributed by atoms with van der Waals surface area (Å²) in [6.07, 6.45) is 6.61. The van der Waals surface area contributed by atoms with Crippen molar-refractivity contribution in [1.82, 2.24) is 0 Å². The van der Waals surface area contributed by atoms with Crippen LogP contribution in [0.3, 0.4) is 0 Å². The number of furan rings is 1. The highest BCUT2D eigenvalue weighted by Gasteiger charge is 2.46. The summed E-state index contributed by atoms with van der Waals surface area (Å²) in [5.74, 6) is 0. The largest absolute Gasteiger partial charge is 0.456 e. The van der Waals surface area contributed by atoms with Crippen molar-refractivity contribution >= 4 is 39.0 Å². The molecule has 0 unspecified atom stereocenters. The van der Waals surface area contributed by atoms with E-state index in [1.54, 1.807) is 0 Å². The zero-order valence-electron chi connectivity index (χ0n) is 32.0. The molecule has 11 rings (SSSR count). The van der Waals surface area contributed by atoms with Crippen molar-refractivity contribution in [2.24, 2.45) is 0 Å². The number of fused-ring (bicyclic) bond motifs is 8. The van der Waals surface area contributed by atoms with Gasteiger partial charge in [0.2, 0.25) is 0 Å². The van der Waals surface area contributed by atoms with Gasteiger partial charge in [-0.1, -0.05) is 165 Å². The minimum absolute atomic E-state index is 0.0823. The molecule has 0 radical (unpaired) electrons. The van der Waals surface area contributed by atoms with E-state index in [2.05, 4.69) is 193 Å². The number of rotatable bonds is 8. The van der Waals surface area contributed by atoms with Gasteiger partial charge in [-0.3, -0.25) is 0 Å². The quantitative estimate of drug-likeness (QED) is 0.155. The Morgan fingerprint density at radius 1 is 0.421 bits per heavy atom. The van der Waals surface area contributed by atoms with Crippen LogP contribution in [0.25, 0.3) is 44.2 Å². The maximum Gasteiger partial charge on any atom is 0.137 e. The smallest absolute Gasteiger partial charge is 0.137 e. The number of anilines is 3. The minimum atomic E-state index is 0.0823. The second-order valence-corrected chi connectivity index (χ2v) is 15.9. The Kier molecular flexibility index (Phi) is 8.17. The van der Waals surface area contributed by atoms with Crippen molar-refractivity contribution in [1.29, 1.82) is 0 Å². The van der Waals surface area contributed by atoms with Gasteiger partial charge in [0, 0.05) is 22.1 Å². The summed E-state index contributed by atoms with van der Waals surface area (Å²) >= 11 is 0. The molecule has 0 saturated heterocycles. The van der Waals surface area contributed by atoms with Gasteiger partial charge in [0.15, 0.2) is 0 Å². The van der Waals surface area contributed by atoms with E-state index >= 15 is 0 Å². The molecular formula is C55H43NO. The van der Waals surface area contributed by atoms with Gasteiger partial charge >= 0.3 is 0 Å². The molecule has 1 spiro atoms. The molecule has 1 saturated carbocycles. The summed E-state index contributed by atoms with van der Waals surface area (Å²) in [5.41, 5.74) is 18.9. The van der Waals surface area contributed by atoms with Crippen molar-refractivity contribution < 1.29 is 4.42 Å². The highest BCUT2D eigenvalue weighted by Crippen LogP contribution is 2.60. The van der Waals surface area contributed by atoms with Crippen molar-refractivity contribution in [3.8, 4) is 22.3 Å². The Morgan fingerprint density at radius 2 is 0.965 bits per heavy atom. The summed E-state index contributed by atoms with van der Waals surface area (Å²) in [5, 5.41) is 2.32. The summed E-state index contributed by atoms with van der Waals surface area (Å²) in [7, 11) is 0. The van der Waals surface area contributed by atoms with Gasteiger partial charge in [0.25, 0.3) is 0 Å². The minimum Gasteiger partial charge on any atom is -0.456 e. The number of nitrogens with zero attached hydrogens (tertiary/aromatic N) is 1. The Labute approximate surface area is 334 Å². The van der Waals surface area contributed by atoms with Crippen LogP contribution in [-0.4, -0.2) is 0 Å². The van der Waals surface area contributed by atoms with Gasteiger partial charge < -0.3 is 9.32 Å². The molecule has 8 aromatic carbocycles. The molecule has 0 atom stereocenters. The fourth-order valence-corrected chi connectivity index (χ4v) is 10.3. The highest BCUT2D eigenvalue weighted by molar-refractivity contribution is 6.15. The fraction of sp³-hybridized carbons (Fsp3) is 0.127. The molecule has 0 amide bonds. The van der Waals surface area contributed by atoms with Crippen molar-refractivity contribution in [3.63, 3.8) is 0 Å². The lowest BCUT2D eigenvalue weighted by Gasteiger charge is -2.30. The van der Waals surface area contributed by atoms with E-state index in [1.807, 2.05) is 0 Å². The number of hydrogen-bond acceptors (Lipinski definition) is 2. The first-order chi connectivity index (χ1) is 28.3. The van der Waals surface area contributed by atoms with Crippen LogP contribution in [0.15, 0.2) is 192 Å². The Hall–Kier alpha value is -6.64. The second kappa shape index (κ2) is 13.8. The topological polar surface area (TPSA) is 16.4 Å². The molecule has 0 N–H and O–H groups in total. The second-order valence-electron chi connectivity index (χ2n) is 15.9. The Bertz CT molecular complexity index is 2910. The first-order valence-electron chi connectivity index (χ1n) is 20.5. The predicted molar refractivity (Wildman–Crippen MR) is 237 cm³/mol. The van der Waals surface area contributed by atoms with Crippen LogP contribution in [0.5, 0.6) is 0 Å². The van der Waals surface area contributed by atoms with Gasteiger partial charge in [-0.05, 0) is 112 Å². The zero-order valence-corrected chi connectivity index (χ0v) is 32.0. The average molecular weight is 734 g/mol. The highest BCUT2D eigenvalue weighted by atomic mass is 16.3. The SMILES string of the molecule is c1ccc(Cc2ccccc2-c2ccccc2Cc2cccc3oc4cccc(N(c5ccccc5)c5cccc6c5-c5ccccc5C65CCCC5)c4c23)cc1. The molecule has 57 heavy (non-hydrogen) atoms. The average Bonchev–Trinajstić information content (AvgIpc) is 3.99. The van der Waals surface area contributed by atoms with Crippen LogP contribution in [0, 0.1) is 0 Å². The van der Waals surface area contributed by atoms with Crippen LogP contribution in [0.4, 0.5) is 17.1 Å². The first-order valence-corrected chi connectivity index (χ1v) is 20.5. The molecule has 0 bridgehead atoms. The summed E-state index contributed by atoms with van der Waals surface area (Å²) in [6.45, 7) is 0. The summed E-state index contributed by atoms with van der Waals surface area (Å²) < 4.78 is 6.79. The third-order valence-corrected chi connectivity index (χ3v) is 12.8. The van der Waals surface area contributed by atoms with E-state index < -0.39 is 0 Å².